The van der Waals surface area contributed by atoms with Crippen molar-refractivity contribution in [3.05, 3.63) is 106 Å². The summed E-state index contributed by atoms with van der Waals surface area (Å²) >= 11 is 5.92. The Morgan fingerprint density at radius 1 is 1.00 bits per heavy atom. The van der Waals surface area contributed by atoms with E-state index in [9.17, 15) is 9.59 Å². The number of nitrogens with zero attached hydrogens (tertiary/aromatic N) is 1. The van der Waals surface area contributed by atoms with Crippen LogP contribution < -0.4 is 10.7 Å². The zero-order chi connectivity index (χ0) is 21.1. The highest BCUT2D eigenvalue weighted by atomic mass is 35.5. The Hall–Kier alpha value is -3.44. The van der Waals surface area contributed by atoms with Gasteiger partial charge in [-0.3, -0.25) is 9.59 Å². The van der Waals surface area contributed by atoms with Crippen LogP contribution in [0.25, 0.3) is 0 Å². The molecule has 0 bridgehead atoms. The van der Waals surface area contributed by atoms with Crippen molar-refractivity contribution >= 4 is 29.6 Å². The number of hydrogen-bond acceptors (Lipinski definition) is 2. The van der Waals surface area contributed by atoms with Crippen LogP contribution in [0.15, 0.2) is 78.9 Å². The number of benzene rings is 3. The van der Waals surface area contributed by atoms with E-state index in [1.54, 1.807) is 28.9 Å². The first kappa shape index (κ1) is 19.9. The van der Waals surface area contributed by atoms with Gasteiger partial charge in [0, 0.05) is 21.7 Å². The first-order valence-corrected chi connectivity index (χ1v) is 10.0. The predicted molar refractivity (Wildman–Crippen MR) is 117 cm³/mol. The molecule has 2 N–H and O–H groups in total. The number of carbonyl (C=O) groups is 2. The van der Waals surface area contributed by atoms with Gasteiger partial charge in [-0.1, -0.05) is 60.1 Å². The van der Waals surface area contributed by atoms with Crippen molar-refractivity contribution in [1.82, 2.24) is 10.7 Å². The summed E-state index contributed by atoms with van der Waals surface area (Å²) in [6.45, 7) is 2.01. The molecule has 1 aliphatic rings. The van der Waals surface area contributed by atoms with Crippen molar-refractivity contribution in [2.45, 2.75) is 19.0 Å². The minimum absolute atomic E-state index is 0.268. The Bertz CT molecular complexity index is 1110. The number of hydrazone groups is 1. The van der Waals surface area contributed by atoms with Crippen molar-refractivity contribution in [3.8, 4) is 0 Å². The topological polar surface area (TPSA) is 61.2 Å². The number of hydrazine groups is 1. The highest BCUT2D eigenvalue weighted by molar-refractivity contribution is 6.30. The van der Waals surface area contributed by atoms with Crippen LogP contribution in [0.2, 0.25) is 5.02 Å². The van der Waals surface area contributed by atoms with Gasteiger partial charge in [0.25, 0.3) is 5.91 Å². The lowest BCUT2D eigenvalue weighted by molar-refractivity contribution is -0.596. The fraction of sp³-hybridized carbons (Fsp3) is 0.125. The van der Waals surface area contributed by atoms with Gasteiger partial charge in [-0.15, -0.1) is 10.1 Å². The minimum atomic E-state index is -0.754. The van der Waals surface area contributed by atoms with Crippen LogP contribution in [0.1, 0.15) is 33.1 Å². The number of hydrogen-bond donors (Lipinski definition) is 2. The fourth-order valence-corrected chi connectivity index (χ4v) is 3.66. The highest BCUT2D eigenvalue weighted by Gasteiger charge is 2.47. The second kappa shape index (κ2) is 8.51. The van der Waals surface area contributed by atoms with Crippen LogP contribution >= 0.6 is 11.6 Å². The number of rotatable bonds is 4. The molecule has 1 saturated heterocycles. The van der Waals surface area contributed by atoms with Crippen LogP contribution in [0.3, 0.4) is 0 Å². The molecular weight excluding hydrogens is 398 g/mol. The summed E-state index contributed by atoms with van der Waals surface area (Å²) < 4.78 is 1.77. The van der Waals surface area contributed by atoms with Gasteiger partial charge < -0.3 is 5.32 Å². The summed E-state index contributed by atoms with van der Waals surface area (Å²) in [7, 11) is 0. The third-order valence-corrected chi connectivity index (χ3v) is 5.39. The molecule has 4 rings (SSSR count). The van der Waals surface area contributed by atoms with E-state index >= 15 is 0 Å². The van der Waals surface area contributed by atoms with Gasteiger partial charge in [0.05, 0.1) is 0 Å². The van der Waals surface area contributed by atoms with Crippen LogP contribution in [0.4, 0.5) is 0 Å². The lowest BCUT2D eigenvalue weighted by Crippen LogP contribution is -2.42. The first-order valence-electron chi connectivity index (χ1n) is 9.63. The van der Waals surface area contributed by atoms with E-state index in [0.717, 1.165) is 16.7 Å². The summed E-state index contributed by atoms with van der Waals surface area (Å²) in [4.78, 5) is 25.6. The van der Waals surface area contributed by atoms with E-state index in [2.05, 4.69) is 10.7 Å². The second-order valence-corrected chi connectivity index (χ2v) is 7.62. The number of aryl methyl sites for hydroxylation is 1. The average molecular weight is 419 g/mol. The number of amides is 2. The van der Waals surface area contributed by atoms with E-state index in [-0.39, 0.29) is 11.8 Å². The molecule has 0 aromatic heterocycles. The molecule has 0 aliphatic carbocycles. The van der Waals surface area contributed by atoms with Crippen molar-refractivity contribution < 1.29 is 14.3 Å². The minimum Gasteiger partial charge on any atom is -0.334 e. The van der Waals surface area contributed by atoms with Gasteiger partial charge >= 0.3 is 5.91 Å². The fourth-order valence-electron chi connectivity index (χ4n) is 3.54. The smallest absolute Gasteiger partial charge is 0.304 e. The molecule has 30 heavy (non-hydrogen) atoms. The Kier molecular flexibility index (Phi) is 5.63. The molecule has 6 heteroatoms. The molecule has 0 spiro atoms. The molecule has 0 radical (unpaired) electrons. The number of nitrogens with one attached hydrogen (secondary N) is 2. The number of halogens is 1. The molecule has 2 atom stereocenters. The standard InChI is InChI=1S/C24H20ClN3O2/c1-16-7-5-6-10-19(16)15-28-22(17-8-3-2-4-9-17)21(24(30)27-28)26-23(29)18-11-13-20(25)14-12-18/h2-15,21-22H,1H3,(H-,26,27,29,30)/p+1/b28-15-/t21-,22+/m0/s1. The maximum atomic E-state index is 12.9. The van der Waals surface area contributed by atoms with E-state index in [4.69, 9.17) is 11.6 Å². The third-order valence-electron chi connectivity index (χ3n) is 5.14. The second-order valence-electron chi connectivity index (χ2n) is 7.18. The van der Waals surface area contributed by atoms with E-state index in [1.165, 1.54) is 0 Å². The molecule has 1 aliphatic heterocycles. The monoisotopic (exact) mass is 418 g/mol. The van der Waals surface area contributed by atoms with Crippen molar-refractivity contribution in [3.63, 3.8) is 0 Å². The van der Waals surface area contributed by atoms with Crippen LogP contribution in [0.5, 0.6) is 0 Å². The summed E-state index contributed by atoms with van der Waals surface area (Å²) in [5.74, 6) is -0.596. The lowest BCUT2D eigenvalue weighted by Gasteiger charge is -2.14. The molecular formula is C24H21ClN3O2+. The van der Waals surface area contributed by atoms with Gasteiger partial charge in [-0.05, 0) is 42.8 Å². The SMILES string of the molecule is Cc1ccccc1/C=[N+]1\NC(=O)[C@@H](NC(=O)c2ccc(Cl)cc2)[C@H]1c1ccccc1. The summed E-state index contributed by atoms with van der Waals surface area (Å²) in [5.41, 5.74) is 6.34. The van der Waals surface area contributed by atoms with Crippen LogP contribution in [-0.4, -0.2) is 28.8 Å². The van der Waals surface area contributed by atoms with Gasteiger partial charge in [0.2, 0.25) is 12.3 Å². The molecule has 0 saturated carbocycles. The Labute approximate surface area is 180 Å². The van der Waals surface area contributed by atoms with E-state index in [0.29, 0.717) is 10.6 Å². The molecule has 1 heterocycles. The zero-order valence-electron chi connectivity index (χ0n) is 16.4. The summed E-state index contributed by atoms with van der Waals surface area (Å²) in [6.07, 6.45) is 1.90. The average Bonchev–Trinajstić information content (AvgIpc) is 3.05. The largest absolute Gasteiger partial charge is 0.334 e. The molecule has 3 aromatic rings. The first-order chi connectivity index (χ1) is 14.5. The Morgan fingerprint density at radius 2 is 1.67 bits per heavy atom. The summed E-state index contributed by atoms with van der Waals surface area (Å²) in [5, 5.41) is 3.44. The van der Waals surface area contributed by atoms with Crippen LogP contribution in [-0.2, 0) is 4.79 Å². The van der Waals surface area contributed by atoms with Crippen molar-refractivity contribution in [1.29, 1.82) is 0 Å². The molecule has 1 fully saturated rings. The quantitative estimate of drug-likeness (QED) is 0.635. The van der Waals surface area contributed by atoms with Crippen molar-refractivity contribution in [2.24, 2.45) is 0 Å². The summed E-state index contributed by atoms with van der Waals surface area (Å²) in [6, 6.07) is 23.0. The highest BCUT2D eigenvalue weighted by Crippen LogP contribution is 2.25. The van der Waals surface area contributed by atoms with Gasteiger partial charge in [0.1, 0.15) is 0 Å². The maximum Gasteiger partial charge on any atom is 0.304 e. The molecule has 3 aromatic carbocycles. The van der Waals surface area contributed by atoms with Gasteiger partial charge in [-0.2, -0.15) is 0 Å². The molecule has 5 nitrogen and oxygen atoms in total. The predicted octanol–water partition coefficient (Wildman–Crippen LogP) is 3.66. The normalized spacial score (nSPS) is 19.5. The van der Waals surface area contributed by atoms with Crippen molar-refractivity contribution in [2.75, 3.05) is 0 Å². The number of carbonyl (C=O) groups excluding carboxylic acids is 2. The molecule has 150 valence electrons. The Balaban J connectivity index is 1.70. The third kappa shape index (κ3) is 4.11. The Morgan fingerprint density at radius 3 is 2.37 bits per heavy atom. The molecule has 0 unspecified atom stereocenters. The zero-order valence-corrected chi connectivity index (χ0v) is 17.1. The van der Waals surface area contributed by atoms with Gasteiger partial charge in [-0.25, -0.2) is 0 Å². The van der Waals surface area contributed by atoms with E-state index < -0.39 is 12.1 Å². The molecule has 2 amide bonds. The maximum absolute atomic E-state index is 12.9. The van der Waals surface area contributed by atoms with E-state index in [1.807, 2.05) is 67.7 Å². The van der Waals surface area contributed by atoms with Crippen LogP contribution in [0, 0.1) is 6.92 Å². The van der Waals surface area contributed by atoms with Gasteiger partial charge in [0.15, 0.2) is 6.04 Å². The lowest BCUT2D eigenvalue weighted by atomic mass is 9.99.